The van der Waals surface area contributed by atoms with Crippen LogP contribution in [0, 0.1) is 5.82 Å². The van der Waals surface area contributed by atoms with Gasteiger partial charge in [0.05, 0.1) is 29.1 Å². The monoisotopic (exact) mass is 537 g/mol. The number of alkyl halides is 3. The second kappa shape index (κ2) is 9.64. The first-order valence-corrected chi connectivity index (χ1v) is 12.0. The van der Waals surface area contributed by atoms with Crippen LogP contribution in [0.2, 0.25) is 0 Å². The Balaban J connectivity index is 1.73. The number of carboxylic acid groups (broad SMARTS) is 1. The number of carbonyl (C=O) groups is 1. The molecule has 11 heteroatoms. The Morgan fingerprint density at radius 2 is 1.79 bits per heavy atom. The van der Waals surface area contributed by atoms with Crippen LogP contribution in [-0.2, 0) is 22.9 Å². The number of aromatic nitrogens is 5. The van der Waals surface area contributed by atoms with Gasteiger partial charge in [-0.3, -0.25) is 9.48 Å². The van der Waals surface area contributed by atoms with Gasteiger partial charge in [0.15, 0.2) is 5.65 Å². The summed E-state index contributed by atoms with van der Waals surface area (Å²) in [7, 11) is 0. The molecule has 0 aliphatic heterocycles. The van der Waals surface area contributed by atoms with E-state index in [1.54, 1.807) is 36.1 Å². The summed E-state index contributed by atoms with van der Waals surface area (Å²) < 4.78 is 56.7. The van der Waals surface area contributed by atoms with E-state index in [4.69, 9.17) is 5.10 Å². The van der Waals surface area contributed by atoms with E-state index < -0.39 is 34.9 Å². The second-order valence-electron chi connectivity index (χ2n) is 9.45. The van der Waals surface area contributed by atoms with Crippen LogP contribution < -0.4 is 0 Å². The van der Waals surface area contributed by atoms with Gasteiger partial charge in [0, 0.05) is 24.5 Å². The fraction of sp³-hybridized carbons (Fsp3) is 0.214. The van der Waals surface area contributed by atoms with Gasteiger partial charge in [-0.05, 0) is 54.4 Å². The van der Waals surface area contributed by atoms with Crippen molar-refractivity contribution >= 4 is 11.6 Å². The highest BCUT2D eigenvalue weighted by molar-refractivity contribution is 5.84. The molecule has 7 nitrogen and oxygen atoms in total. The average molecular weight is 538 g/mol. The molecule has 0 radical (unpaired) electrons. The van der Waals surface area contributed by atoms with Crippen molar-refractivity contribution in [2.45, 2.75) is 37.9 Å². The highest BCUT2D eigenvalue weighted by Crippen LogP contribution is 2.41. The zero-order chi connectivity index (χ0) is 27.9. The summed E-state index contributed by atoms with van der Waals surface area (Å²) in [6, 6.07) is 13.7. The summed E-state index contributed by atoms with van der Waals surface area (Å²) in [5.74, 6) is -2.34. The lowest BCUT2D eigenvalue weighted by molar-refractivity contribution is -0.144. The smallest absolute Gasteiger partial charge is 0.416 e. The van der Waals surface area contributed by atoms with Gasteiger partial charge in [-0.15, -0.1) is 0 Å². The number of hydrogen-bond acceptors (Lipinski definition) is 4. The van der Waals surface area contributed by atoms with E-state index in [0.29, 0.717) is 22.4 Å². The minimum atomic E-state index is -4.50. The summed E-state index contributed by atoms with van der Waals surface area (Å²) in [5.41, 5.74) is -0.0349. The van der Waals surface area contributed by atoms with Crippen molar-refractivity contribution in [2.24, 2.45) is 0 Å². The van der Waals surface area contributed by atoms with Crippen molar-refractivity contribution in [3.63, 3.8) is 0 Å². The number of hydrogen-bond donors (Lipinski definition) is 1. The Labute approximate surface area is 220 Å². The molecule has 200 valence electrons. The van der Waals surface area contributed by atoms with Crippen molar-refractivity contribution in [1.29, 1.82) is 0 Å². The topological polar surface area (TPSA) is 85.3 Å². The van der Waals surface area contributed by atoms with Crippen LogP contribution in [0.5, 0.6) is 0 Å². The predicted octanol–water partition coefficient (Wildman–Crippen LogP) is 5.95. The molecule has 3 heterocycles. The molecule has 1 N–H and O–H groups in total. The molecule has 5 rings (SSSR count). The third-order valence-electron chi connectivity index (χ3n) is 7.15. The summed E-state index contributed by atoms with van der Waals surface area (Å²) in [4.78, 5) is 17.3. The third kappa shape index (κ3) is 4.64. The van der Waals surface area contributed by atoms with Gasteiger partial charge >= 0.3 is 12.1 Å². The first kappa shape index (κ1) is 26.1. The minimum absolute atomic E-state index is 0.162. The van der Waals surface area contributed by atoms with E-state index in [1.807, 2.05) is 0 Å². The Bertz CT molecular complexity index is 1650. The maximum Gasteiger partial charge on any atom is 0.416 e. The van der Waals surface area contributed by atoms with Crippen LogP contribution in [0.15, 0.2) is 79.3 Å². The van der Waals surface area contributed by atoms with Gasteiger partial charge in [0.1, 0.15) is 11.2 Å². The molecule has 3 aromatic heterocycles. The first-order valence-electron chi connectivity index (χ1n) is 12.0. The average Bonchev–Trinajstić information content (AvgIpc) is 3.54. The molecule has 2 aromatic carbocycles. The second-order valence-corrected chi connectivity index (χ2v) is 9.45. The standard InChI is InChI=1S/C28H23F4N5O2/c1-17(19-5-3-6-21(29)15-19)27(2,26(38)39)23-11-13-33-25-24(18-7-9-20(10-8-18)28(30,31)32)22(35-37(23)25)16-36-14-4-12-34-36/h3-15,17H,16H2,1-2H3,(H,38,39)/t17?,27-/m1/s1. The van der Waals surface area contributed by atoms with Gasteiger partial charge in [-0.1, -0.05) is 31.2 Å². The highest BCUT2D eigenvalue weighted by atomic mass is 19.4. The first-order chi connectivity index (χ1) is 18.5. The molecule has 0 aliphatic carbocycles. The van der Waals surface area contributed by atoms with E-state index >= 15 is 0 Å². The SMILES string of the molecule is CC(c1cccc(F)c1)[C@@](C)(C(=O)O)c1ccnc2c(-c3ccc(C(F)(F)F)cc3)c(Cn3cccn3)nn12. The largest absolute Gasteiger partial charge is 0.481 e. The summed E-state index contributed by atoms with van der Waals surface area (Å²) in [5, 5.41) is 19.4. The third-order valence-corrected chi connectivity index (χ3v) is 7.15. The number of aliphatic carboxylic acids is 1. The zero-order valence-corrected chi connectivity index (χ0v) is 20.9. The molecule has 0 amide bonds. The van der Waals surface area contributed by atoms with E-state index in [2.05, 4.69) is 10.1 Å². The number of fused-ring (bicyclic) bond motifs is 1. The molecule has 0 fully saturated rings. The van der Waals surface area contributed by atoms with Crippen LogP contribution in [0.3, 0.4) is 0 Å². The molecule has 1 unspecified atom stereocenters. The lowest BCUT2D eigenvalue weighted by Crippen LogP contribution is -2.39. The molecule has 0 saturated heterocycles. The summed E-state index contributed by atoms with van der Waals surface area (Å²) >= 11 is 0. The number of nitrogens with zero attached hydrogens (tertiary/aromatic N) is 5. The van der Waals surface area contributed by atoms with Crippen LogP contribution in [0.25, 0.3) is 16.8 Å². The highest BCUT2D eigenvalue weighted by Gasteiger charge is 2.44. The van der Waals surface area contributed by atoms with Gasteiger partial charge in [-0.2, -0.15) is 23.4 Å². The van der Waals surface area contributed by atoms with Gasteiger partial charge < -0.3 is 5.11 Å². The normalized spacial score (nSPS) is 14.3. The number of rotatable bonds is 7. The predicted molar refractivity (Wildman–Crippen MR) is 135 cm³/mol. The lowest BCUT2D eigenvalue weighted by atomic mass is 9.72. The Hall–Kier alpha value is -4.54. The van der Waals surface area contributed by atoms with E-state index in [0.717, 1.165) is 12.1 Å². The Kier molecular flexibility index (Phi) is 6.45. The van der Waals surface area contributed by atoms with Gasteiger partial charge in [0.25, 0.3) is 0 Å². The fourth-order valence-corrected chi connectivity index (χ4v) is 4.79. The Morgan fingerprint density at radius 3 is 2.41 bits per heavy atom. The number of benzene rings is 2. The van der Waals surface area contributed by atoms with E-state index in [-0.39, 0.29) is 17.9 Å². The van der Waals surface area contributed by atoms with Crippen LogP contribution in [-0.4, -0.2) is 35.5 Å². The van der Waals surface area contributed by atoms with Crippen molar-refractivity contribution in [1.82, 2.24) is 24.4 Å². The van der Waals surface area contributed by atoms with Gasteiger partial charge in [0.2, 0.25) is 0 Å². The maximum absolute atomic E-state index is 14.0. The fourth-order valence-electron chi connectivity index (χ4n) is 4.79. The molecule has 0 aliphatic rings. The van der Waals surface area contributed by atoms with Gasteiger partial charge in [-0.25, -0.2) is 13.9 Å². The molecule has 5 aromatic rings. The van der Waals surface area contributed by atoms with Crippen molar-refractivity contribution in [3.05, 3.63) is 108 Å². The van der Waals surface area contributed by atoms with Crippen molar-refractivity contribution in [3.8, 4) is 11.1 Å². The van der Waals surface area contributed by atoms with Crippen LogP contribution >= 0.6 is 0 Å². The molecule has 0 saturated carbocycles. The minimum Gasteiger partial charge on any atom is -0.481 e. The lowest BCUT2D eigenvalue weighted by Gasteiger charge is -2.32. The summed E-state index contributed by atoms with van der Waals surface area (Å²) in [6.07, 6.45) is 0.234. The van der Waals surface area contributed by atoms with Crippen molar-refractivity contribution in [2.75, 3.05) is 0 Å². The molecule has 0 spiro atoms. The summed E-state index contributed by atoms with van der Waals surface area (Å²) in [6.45, 7) is 3.39. The number of carboxylic acids is 1. The molecular weight excluding hydrogens is 514 g/mol. The molecule has 0 bridgehead atoms. The maximum atomic E-state index is 14.0. The molecule has 2 atom stereocenters. The van der Waals surface area contributed by atoms with E-state index in [1.165, 1.54) is 54.0 Å². The molecule has 39 heavy (non-hydrogen) atoms. The molecular formula is C28H23F4N5O2. The quantitative estimate of drug-likeness (QED) is 0.260. The van der Waals surface area contributed by atoms with E-state index in [9.17, 15) is 27.5 Å². The van der Waals surface area contributed by atoms with Crippen LogP contribution in [0.1, 0.15) is 42.3 Å². The Morgan fingerprint density at radius 1 is 1.05 bits per heavy atom. The van der Waals surface area contributed by atoms with Crippen molar-refractivity contribution < 1.29 is 27.5 Å². The zero-order valence-electron chi connectivity index (χ0n) is 20.9. The number of halogens is 4. The van der Waals surface area contributed by atoms with Crippen LogP contribution in [0.4, 0.5) is 17.6 Å².